The lowest BCUT2D eigenvalue weighted by Crippen LogP contribution is -2.38. The zero-order chi connectivity index (χ0) is 24.5. The number of anilines is 1. The SMILES string of the molecule is COc1ccc(C2c3cccn3-c3ccccc3CN2C(=O)Nc2ccc(F)c(Cl)c2)cc1OC. The van der Waals surface area contributed by atoms with E-state index in [2.05, 4.69) is 9.88 Å². The highest BCUT2D eigenvalue weighted by molar-refractivity contribution is 6.31. The molecule has 0 radical (unpaired) electrons. The predicted molar refractivity (Wildman–Crippen MR) is 133 cm³/mol. The van der Waals surface area contributed by atoms with E-state index >= 15 is 0 Å². The third kappa shape index (κ3) is 4.19. The Balaban J connectivity index is 1.64. The minimum Gasteiger partial charge on any atom is -0.493 e. The summed E-state index contributed by atoms with van der Waals surface area (Å²) >= 11 is 5.95. The van der Waals surface area contributed by atoms with E-state index in [1.54, 1.807) is 19.1 Å². The zero-order valence-electron chi connectivity index (χ0n) is 19.2. The predicted octanol–water partition coefficient (Wildman–Crippen LogP) is 6.42. The number of urea groups is 1. The fraction of sp³-hybridized carbons (Fsp3) is 0.148. The number of ether oxygens (including phenoxy) is 2. The normalized spacial score (nSPS) is 14.5. The smallest absolute Gasteiger partial charge is 0.322 e. The summed E-state index contributed by atoms with van der Waals surface area (Å²) < 4.78 is 26.7. The highest BCUT2D eigenvalue weighted by Gasteiger charge is 2.33. The van der Waals surface area contributed by atoms with Gasteiger partial charge in [-0.1, -0.05) is 35.9 Å². The van der Waals surface area contributed by atoms with Crippen molar-refractivity contribution in [1.29, 1.82) is 0 Å². The van der Waals surface area contributed by atoms with Gasteiger partial charge in [0.25, 0.3) is 0 Å². The minimum atomic E-state index is -0.547. The second-order valence-corrected chi connectivity index (χ2v) is 8.54. The number of carbonyl (C=O) groups is 1. The van der Waals surface area contributed by atoms with Gasteiger partial charge in [-0.25, -0.2) is 9.18 Å². The molecule has 8 heteroatoms. The molecule has 4 aromatic rings. The number of halogens is 2. The summed E-state index contributed by atoms with van der Waals surface area (Å²) in [5.41, 5.74) is 4.15. The Morgan fingerprint density at radius 3 is 2.57 bits per heavy atom. The molecule has 5 rings (SSSR count). The van der Waals surface area contributed by atoms with Crippen molar-refractivity contribution in [2.24, 2.45) is 0 Å². The van der Waals surface area contributed by atoms with Gasteiger partial charge in [0, 0.05) is 17.6 Å². The molecule has 0 saturated carbocycles. The summed E-state index contributed by atoms with van der Waals surface area (Å²) in [4.78, 5) is 15.5. The zero-order valence-corrected chi connectivity index (χ0v) is 19.9. The fourth-order valence-electron chi connectivity index (χ4n) is 4.48. The first-order valence-electron chi connectivity index (χ1n) is 11.0. The molecule has 0 bridgehead atoms. The minimum absolute atomic E-state index is 0.0608. The van der Waals surface area contributed by atoms with E-state index in [4.69, 9.17) is 21.1 Å². The van der Waals surface area contributed by atoms with Crippen LogP contribution in [0.1, 0.15) is 22.9 Å². The van der Waals surface area contributed by atoms with Gasteiger partial charge in [-0.05, 0) is 59.7 Å². The number of amides is 2. The van der Waals surface area contributed by atoms with E-state index < -0.39 is 11.9 Å². The summed E-state index contributed by atoms with van der Waals surface area (Å²) in [6.45, 7) is 0.345. The number of methoxy groups -OCH3 is 2. The number of aromatic nitrogens is 1. The summed E-state index contributed by atoms with van der Waals surface area (Å²) in [7, 11) is 3.16. The van der Waals surface area contributed by atoms with Gasteiger partial charge in [0.1, 0.15) is 5.82 Å². The average Bonchev–Trinajstić information content (AvgIpc) is 3.30. The molecule has 0 fully saturated rings. The Kier molecular flexibility index (Phi) is 6.09. The second kappa shape index (κ2) is 9.35. The second-order valence-electron chi connectivity index (χ2n) is 8.14. The third-order valence-electron chi connectivity index (χ3n) is 6.12. The Morgan fingerprint density at radius 2 is 1.80 bits per heavy atom. The van der Waals surface area contributed by atoms with E-state index in [-0.39, 0.29) is 11.1 Å². The number of carbonyl (C=O) groups excluding carboxylic acids is 1. The fourth-order valence-corrected chi connectivity index (χ4v) is 4.66. The molecule has 1 atom stereocenters. The first-order chi connectivity index (χ1) is 17.0. The molecule has 2 amide bonds. The summed E-state index contributed by atoms with van der Waals surface area (Å²) in [6, 6.07) is 20.9. The van der Waals surface area contributed by atoms with Crippen molar-refractivity contribution < 1.29 is 18.7 Å². The van der Waals surface area contributed by atoms with Gasteiger partial charge in [0.15, 0.2) is 11.5 Å². The van der Waals surface area contributed by atoms with Crippen LogP contribution < -0.4 is 14.8 Å². The van der Waals surface area contributed by atoms with Crippen LogP contribution >= 0.6 is 11.6 Å². The standard InChI is InChI=1S/C27H23ClFN3O3/c1-34-24-12-9-17(14-25(24)35-2)26-23-8-5-13-31(23)22-7-4-3-6-18(22)16-32(26)27(33)30-19-10-11-21(29)20(28)15-19/h3-15,26H,16H2,1-2H3,(H,30,33). The van der Waals surface area contributed by atoms with Crippen LogP contribution in [0, 0.1) is 5.82 Å². The van der Waals surface area contributed by atoms with Crippen LogP contribution in [0.25, 0.3) is 5.69 Å². The van der Waals surface area contributed by atoms with Crippen LogP contribution in [-0.2, 0) is 6.54 Å². The Morgan fingerprint density at radius 1 is 1.00 bits per heavy atom. The average molecular weight is 492 g/mol. The molecule has 6 nitrogen and oxygen atoms in total. The maximum Gasteiger partial charge on any atom is 0.322 e. The van der Waals surface area contributed by atoms with E-state index in [0.717, 1.165) is 22.5 Å². The van der Waals surface area contributed by atoms with Crippen molar-refractivity contribution in [3.8, 4) is 17.2 Å². The van der Waals surface area contributed by atoms with Gasteiger partial charge in [0.2, 0.25) is 0 Å². The number of nitrogens with zero attached hydrogens (tertiary/aromatic N) is 2. The Bertz CT molecular complexity index is 1400. The molecule has 1 N–H and O–H groups in total. The van der Waals surface area contributed by atoms with Gasteiger partial charge in [-0.2, -0.15) is 0 Å². The highest BCUT2D eigenvalue weighted by atomic mass is 35.5. The van der Waals surface area contributed by atoms with Crippen LogP contribution in [0.3, 0.4) is 0 Å². The van der Waals surface area contributed by atoms with Crippen molar-refractivity contribution >= 4 is 23.3 Å². The maximum atomic E-state index is 13.7. The molecule has 2 heterocycles. The van der Waals surface area contributed by atoms with Crippen LogP contribution in [-0.4, -0.2) is 29.7 Å². The van der Waals surface area contributed by atoms with Crippen molar-refractivity contribution in [2.45, 2.75) is 12.6 Å². The van der Waals surface area contributed by atoms with E-state index in [1.165, 1.54) is 18.2 Å². The van der Waals surface area contributed by atoms with Gasteiger partial charge in [-0.3, -0.25) is 0 Å². The number of fused-ring (bicyclic) bond motifs is 3. The summed E-state index contributed by atoms with van der Waals surface area (Å²) in [5, 5.41) is 2.82. The Hall–Kier alpha value is -3.97. The summed E-state index contributed by atoms with van der Waals surface area (Å²) in [6.07, 6.45) is 1.99. The topological polar surface area (TPSA) is 55.7 Å². The van der Waals surface area contributed by atoms with E-state index in [1.807, 2.05) is 60.8 Å². The van der Waals surface area contributed by atoms with Crippen LogP contribution in [0.4, 0.5) is 14.9 Å². The van der Waals surface area contributed by atoms with Crippen LogP contribution in [0.5, 0.6) is 11.5 Å². The number of hydrogen-bond acceptors (Lipinski definition) is 3. The molecule has 3 aromatic carbocycles. The van der Waals surface area contributed by atoms with Crippen LogP contribution in [0.15, 0.2) is 79.0 Å². The third-order valence-corrected chi connectivity index (χ3v) is 6.41. The molecule has 0 aliphatic carbocycles. The van der Waals surface area contributed by atoms with Gasteiger partial charge >= 0.3 is 6.03 Å². The molecular formula is C27H23ClFN3O3. The molecule has 0 spiro atoms. The number of hydrogen-bond donors (Lipinski definition) is 1. The molecule has 1 aromatic heterocycles. The first kappa shape index (κ1) is 22.8. The number of nitrogens with one attached hydrogen (secondary N) is 1. The maximum absolute atomic E-state index is 13.7. The summed E-state index contributed by atoms with van der Waals surface area (Å²) in [5.74, 6) is 0.616. The van der Waals surface area contributed by atoms with Gasteiger partial charge < -0.3 is 24.3 Å². The van der Waals surface area contributed by atoms with Crippen molar-refractivity contribution in [2.75, 3.05) is 19.5 Å². The van der Waals surface area contributed by atoms with Gasteiger partial charge in [-0.15, -0.1) is 0 Å². The number of rotatable bonds is 4. The number of para-hydroxylation sites is 1. The molecule has 0 saturated heterocycles. The molecule has 1 aliphatic heterocycles. The first-order valence-corrected chi connectivity index (χ1v) is 11.4. The molecule has 1 unspecified atom stereocenters. The van der Waals surface area contributed by atoms with E-state index in [9.17, 15) is 9.18 Å². The quantitative estimate of drug-likeness (QED) is 0.358. The van der Waals surface area contributed by atoms with Crippen molar-refractivity contribution in [3.63, 3.8) is 0 Å². The molecule has 178 valence electrons. The molecule has 35 heavy (non-hydrogen) atoms. The van der Waals surface area contributed by atoms with Crippen LogP contribution in [0.2, 0.25) is 5.02 Å². The van der Waals surface area contributed by atoms with Gasteiger partial charge in [0.05, 0.1) is 37.5 Å². The Labute approximate surface area is 207 Å². The monoisotopic (exact) mass is 491 g/mol. The lowest BCUT2D eigenvalue weighted by molar-refractivity contribution is 0.194. The molecular weight excluding hydrogens is 469 g/mol. The lowest BCUT2D eigenvalue weighted by atomic mass is 10.0. The lowest BCUT2D eigenvalue weighted by Gasteiger charge is -2.31. The van der Waals surface area contributed by atoms with Crippen molar-refractivity contribution in [3.05, 3.63) is 107 Å². The number of benzene rings is 3. The van der Waals surface area contributed by atoms with E-state index in [0.29, 0.717) is 23.7 Å². The molecule has 1 aliphatic rings. The van der Waals surface area contributed by atoms with Crippen molar-refractivity contribution in [1.82, 2.24) is 9.47 Å². The highest BCUT2D eigenvalue weighted by Crippen LogP contribution is 2.40. The largest absolute Gasteiger partial charge is 0.493 e.